The number of aliphatic hydroxyl groups excluding tert-OH is 3. The van der Waals surface area contributed by atoms with Crippen LogP contribution in [0, 0.1) is 0 Å². The fraction of sp³-hybridized carbons (Fsp3) is 1.00. The Hall–Kier alpha value is 0.320. The number of piperidine rings is 1. The maximum atomic E-state index is 8.90. The number of rotatable bonds is 0. The fourth-order valence-electron chi connectivity index (χ4n) is 0.881. The van der Waals surface area contributed by atoms with Gasteiger partial charge in [0.15, 0.2) is 0 Å². The molecule has 0 aliphatic carbocycles. The Morgan fingerprint density at radius 2 is 1.80 bits per heavy atom. The summed E-state index contributed by atoms with van der Waals surface area (Å²) in [7, 11) is 0. The van der Waals surface area contributed by atoms with Crippen LogP contribution in [0.4, 0.5) is 0 Å². The first kappa shape index (κ1) is 10.3. The van der Waals surface area contributed by atoms with E-state index in [1.54, 1.807) is 0 Å². The smallest absolute Gasteiger partial charge is 0.133 e. The molecule has 0 saturated carbocycles. The van der Waals surface area contributed by atoms with E-state index in [9.17, 15) is 0 Å². The zero-order valence-electron chi connectivity index (χ0n) is 5.40. The lowest BCUT2D eigenvalue weighted by Crippen LogP contribution is -2.52. The van der Waals surface area contributed by atoms with Crippen LogP contribution in [0.5, 0.6) is 0 Å². The fourth-order valence-corrected chi connectivity index (χ4v) is 0.881. The number of hydrogen-bond acceptors (Lipinski definition) is 4. The largest absolute Gasteiger partial charge is 0.390 e. The predicted octanol–water partition coefficient (Wildman–Crippen LogP) is -1.40. The lowest BCUT2D eigenvalue weighted by atomic mass is 10.1. The van der Waals surface area contributed by atoms with Gasteiger partial charge >= 0.3 is 0 Å². The molecule has 4 nitrogen and oxygen atoms in total. The first-order valence-corrected chi connectivity index (χ1v) is 2.99. The number of nitrogens with one attached hydrogen (secondary N) is 1. The molecule has 3 atom stereocenters. The summed E-state index contributed by atoms with van der Waals surface area (Å²) < 4.78 is 0. The van der Waals surface area contributed by atoms with Crippen LogP contribution in [-0.2, 0) is 0 Å². The number of halogens is 1. The van der Waals surface area contributed by atoms with Gasteiger partial charge in [-0.05, 0) is 6.42 Å². The van der Waals surface area contributed by atoms with Crippen molar-refractivity contribution in [2.45, 2.75) is 24.9 Å². The third-order valence-corrected chi connectivity index (χ3v) is 1.51. The molecule has 0 bridgehead atoms. The summed E-state index contributed by atoms with van der Waals surface area (Å²) in [5.74, 6) is 0. The normalized spacial score (nSPS) is 40.5. The second-order valence-corrected chi connectivity index (χ2v) is 2.25. The molecule has 1 aliphatic heterocycles. The highest BCUT2D eigenvalue weighted by molar-refractivity contribution is 8.93. The monoisotopic (exact) mass is 213 g/mol. The maximum absolute atomic E-state index is 8.90. The molecule has 0 amide bonds. The molecule has 1 saturated heterocycles. The standard InChI is InChI=1S/C5H11NO3.BrH/c7-3-1-2-6-5(9)4(3)8;/h3-9H,1-2H2;1H. The second-order valence-electron chi connectivity index (χ2n) is 2.25. The first-order chi connectivity index (χ1) is 4.22. The first-order valence-electron chi connectivity index (χ1n) is 2.99. The van der Waals surface area contributed by atoms with Gasteiger partial charge in [0.25, 0.3) is 0 Å². The van der Waals surface area contributed by atoms with Gasteiger partial charge in [0, 0.05) is 6.54 Å². The van der Waals surface area contributed by atoms with E-state index in [2.05, 4.69) is 5.32 Å². The molecule has 1 aliphatic rings. The Kier molecular flexibility index (Phi) is 4.39. The van der Waals surface area contributed by atoms with Gasteiger partial charge < -0.3 is 15.3 Å². The highest BCUT2D eigenvalue weighted by atomic mass is 79.9. The van der Waals surface area contributed by atoms with Crippen molar-refractivity contribution in [3.05, 3.63) is 0 Å². The third kappa shape index (κ3) is 2.17. The average molecular weight is 214 g/mol. The van der Waals surface area contributed by atoms with E-state index < -0.39 is 18.4 Å². The van der Waals surface area contributed by atoms with Crippen molar-refractivity contribution in [1.29, 1.82) is 0 Å². The summed E-state index contributed by atoms with van der Waals surface area (Å²) in [4.78, 5) is 0. The molecule has 1 heterocycles. The second kappa shape index (κ2) is 4.25. The SMILES string of the molecule is Br.OC1CCNC(O)C1O. The molecule has 62 valence electrons. The minimum Gasteiger partial charge on any atom is -0.390 e. The van der Waals surface area contributed by atoms with E-state index in [1.807, 2.05) is 0 Å². The minimum atomic E-state index is -1.03. The molecule has 4 N–H and O–H groups in total. The zero-order chi connectivity index (χ0) is 6.85. The molecule has 0 spiro atoms. The van der Waals surface area contributed by atoms with Gasteiger partial charge in [-0.25, -0.2) is 0 Å². The van der Waals surface area contributed by atoms with Crippen LogP contribution in [0.2, 0.25) is 0 Å². The van der Waals surface area contributed by atoms with Crippen molar-refractivity contribution in [1.82, 2.24) is 5.32 Å². The van der Waals surface area contributed by atoms with Gasteiger partial charge in [0.05, 0.1) is 6.10 Å². The van der Waals surface area contributed by atoms with Gasteiger partial charge in [0.2, 0.25) is 0 Å². The molecule has 3 unspecified atom stereocenters. The van der Waals surface area contributed by atoms with E-state index in [1.165, 1.54) is 0 Å². The van der Waals surface area contributed by atoms with Crippen LogP contribution < -0.4 is 5.32 Å². The maximum Gasteiger partial charge on any atom is 0.133 e. The summed E-state index contributed by atoms with van der Waals surface area (Å²) in [6, 6.07) is 0. The molecular weight excluding hydrogens is 202 g/mol. The Bertz CT molecular complexity index is 92.9. The molecule has 10 heavy (non-hydrogen) atoms. The quantitative estimate of drug-likeness (QED) is 0.400. The van der Waals surface area contributed by atoms with E-state index in [0.717, 1.165) is 0 Å². The summed E-state index contributed by atoms with van der Waals surface area (Å²) in [5.41, 5.74) is 0. The van der Waals surface area contributed by atoms with Crippen molar-refractivity contribution in [3.63, 3.8) is 0 Å². The summed E-state index contributed by atoms with van der Waals surface area (Å²) in [6.45, 7) is 0.555. The Balaban J connectivity index is 0.000000810. The van der Waals surface area contributed by atoms with Gasteiger partial charge in [-0.3, -0.25) is 5.32 Å². The van der Waals surface area contributed by atoms with E-state index in [-0.39, 0.29) is 17.0 Å². The summed E-state index contributed by atoms with van der Waals surface area (Å²) >= 11 is 0. The molecule has 5 heteroatoms. The van der Waals surface area contributed by atoms with Crippen molar-refractivity contribution in [2.75, 3.05) is 6.54 Å². The van der Waals surface area contributed by atoms with Crippen LogP contribution in [0.1, 0.15) is 6.42 Å². The molecular formula is C5H12BrNO3. The topological polar surface area (TPSA) is 72.7 Å². The van der Waals surface area contributed by atoms with Gasteiger partial charge in [-0.15, -0.1) is 17.0 Å². The van der Waals surface area contributed by atoms with Crippen LogP contribution in [0.25, 0.3) is 0 Å². The average Bonchev–Trinajstić information content (AvgIpc) is 1.83. The Morgan fingerprint density at radius 1 is 1.20 bits per heavy atom. The molecule has 1 fully saturated rings. The van der Waals surface area contributed by atoms with Crippen molar-refractivity contribution in [3.8, 4) is 0 Å². The van der Waals surface area contributed by atoms with E-state index in [0.29, 0.717) is 13.0 Å². The molecule has 0 aromatic rings. The van der Waals surface area contributed by atoms with E-state index in [4.69, 9.17) is 15.3 Å². The molecule has 1 rings (SSSR count). The zero-order valence-corrected chi connectivity index (χ0v) is 7.11. The molecule has 0 radical (unpaired) electrons. The summed E-state index contributed by atoms with van der Waals surface area (Å²) in [5, 5.41) is 29.2. The number of hydrogen-bond donors (Lipinski definition) is 4. The van der Waals surface area contributed by atoms with Gasteiger partial charge in [-0.2, -0.15) is 0 Å². The molecule has 0 aromatic carbocycles. The molecule has 0 aromatic heterocycles. The minimum absolute atomic E-state index is 0. The lowest BCUT2D eigenvalue weighted by Gasteiger charge is -2.28. The highest BCUT2D eigenvalue weighted by Crippen LogP contribution is 2.06. The van der Waals surface area contributed by atoms with Gasteiger partial charge in [-0.1, -0.05) is 0 Å². The Morgan fingerprint density at radius 3 is 2.20 bits per heavy atom. The third-order valence-electron chi connectivity index (χ3n) is 1.51. The summed E-state index contributed by atoms with van der Waals surface area (Å²) in [6.07, 6.45) is -2.27. The predicted molar refractivity (Wildman–Crippen MR) is 41.0 cm³/mol. The van der Waals surface area contributed by atoms with Crippen molar-refractivity contribution < 1.29 is 15.3 Å². The van der Waals surface area contributed by atoms with Crippen molar-refractivity contribution >= 4 is 17.0 Å². The highest BCUT2D eigenvalue weighted by Gasteiger charge is 2.27. The van der Waals surface area contributed by atoms with E-state index >= 15 is 0 Å². The van der Waals surface area contributed by atoms with Crippen LogP contribution >= 0.6 is 17.0 Å². The lowest BCUT2D eigenvalue weighted by molar-refractivity contribution is -0.0931. The number of aliphatic hydroxyl groups is 3. The van der Waals surface area contributed by atoms with Crippen LogP contribution in [0.3, 0.4) is 0 Å². The Labute approximate surface area is 69.6 Å². The van der Waals surface area contributed by atoms with Crippen LogP contribution in [-0.4, -0.2) is 40.3 Å². The van der Waals surface area contributed by atoms with Gasteiger partial charge in [0.1, 0.15) is 12.3 Å². The van der Waals surface area contributed by atoms with Crippen LogP contribution in [0.15, 0.2) is 0 Å². The van der Waals surface area contributed by atoms with Crippen molar-refractivity contribution in [2.24, 2.45) is 0 Å².